The highest BCUT2D eigenvalue weighted by molar-refractivity contribution is 8.00. The molecule has 0 spiro atoms. The van der Waals surface area contributed by atoms with E-state index in [9.17, 15) is 9.59 Å². The first-order valence-corrected chi connectivity index (χ1v) is 11.6. The van der Waals surface area contributed by atoms with Crippen molar-refractivity contribution in [1.82, 2.24) is 9.88 Å². The van der Waals surface area contributed by atoms with Crippen molar-refractivity contribution >= 4 is 45.2 Å². The number of hydrogen-bond acceptors (Lipinski definition) is 6. The van der Waals surface area contributed by atoms with Gasteiger partial charge in [-0.2, -0.15) is 0 Å². The Morgan fingerprint density at radius 2 is 1.93 bits per heavy atom. The molecule has 1 saturated heterocycles. The van der Waals surface area contributed by atoms with Crippen molar-refractivity contribution in [2.75, 3.05) is 19.3 Å². The van der Waals surface area contributed by atoms with Gasteiger partial charge in [-0.15, -0.1) is 23.1 Å². The van der Waals surface area contributed by atoms with Crippen molar-refractivity contribution in [3.05, 3.63) is 59.8 Å². The number of fused-ring (bicyclic) bond motifs is 1. The number of carbonyl (C=O) groups is 2. The molecular formula is C22H22N2O3S2. The highest BCUT2D eigenvalue weighted by Crippen LogP contribution is 2.38. The van der Waals surface area contributed by atoms with E-state index in [0.717, 1.165) is 25.6 Å². The smallest absolute Gasteiger partial charge is 0.410 e. The molecule has 3 aromatic rings. The molecule has 1 aromatic carbocycles. The second-order valence-corrected chi connectivity index (χ2v) is 9.06. The molecule has 0 radical (unpaired) electrons. The SMILES string of the molecule is CSc1sc2ncccc2c1C(=O)C1CCN(C(=O)OCc2ccccc2)CC1. The minimum Gasteiger partial charge on any atom is -0.445 e. The first-order valence-electron chi connectivity index (χ1n) is 9.58. The summed E-state index contributed by atoms with van der Waals surface area (Å²) in [6.07, 6.45) is 4.76. The lowest BCUT2D eigenvalue weighted by atomic mass is 9.89. The van der Waals surface area contributed by atoms with Crippen LogP contribution in [0.15, 0.2) is 52.9 Å². The molecule has 0 aliphatic carbocycles. The standard InChI is InChI=1S/C22H22N2O3S2/c1-28-21-18(17-8-5-11-23-20(17)29-21)19(25)16-9-12-24(13-10-16)22(26)27-14-15-6-3-2-4-7-15/h2-8,11,16H,9-10,12-14H2,1H3. The predicted molar refractivity (Wildman–Crippen MR) is 117 cm³/mol. The van der Waals surface area contributed by atoms with Gasteiger partial charge < -0.3 is 9.64 Å². The van der Waals surface area contributed by atoms with Crippen LogP contribution in [0.5, 0.6) is 0 Å². The number of thiophene rings is 1. The van der Waals surface area contributed by atoms with Gasteiger partial charge in [0.15, 0.2) is 5.78 Å². The van der Waals surface area contributed by atoms with Crippen LogP contribution in [0.3, 0.4) is 0 Å². The van der Waals surface area contributed by atoms with E-state index in [1.54, 1.807) is 34.2 Å². The molecule has 3 heterocycles. The highest BCUT2D eigenvalue weighted by atomic mass is 32.2. The molecule has 0 atom stereocenters. The zero-order valence-corrected chi connectivity index (χ0v) is 17.8. The summed E-state index contributed by atoms with van der Waals surface area (Å²) in [4.78, 5) is 32.6. The van der Waals surface area contributed by atoms with Gasteiger partial charge >= 0.3 is 6.09 Å². The number of ketones is 1. The van der Waals surface area contributed by atoms with Gasteiger partial charge in [0.1, 0.15) is 11.4 Å². The summed E-state index contributed by atoms with van der Waals surface area (Å²) in [6, 6.07) is 13.5. The van der Waals surface area contributed by atoms with Crippen LogP contribution in [0.25, 0.3) is 10.2 Å². The third kappa shape index (κ3) is 4.31. The maximum Gasteiger partial charge on any atom is 0.410 e. The molecule has 1 fully saturated rings. The van der Waals surface area contributed by atoms with E-state index < -0.39 is 0 Å². The summed E-state index contributed by atoms with van der Waals surface area (Å²) in [6.45, 7) is 1.35. The molecular weight excluding hydrogens is 404 g/mol. The number of amides is 1. The van der Waals surface area contributed by atoms with E-state index in [1.807, 2.05) is 48.7 Å². The first kappa shape index (κ1) is 19.9. The fourth-order valence-corrected chi connectivity index (χ4v) is 5.49. The number of aromatic nitrogens is 1. The van der Waals surface area contributed by atoms with E-state index in [0.29, 0.717) is 25.9 Å². The summed E-state index contributed by atoms with van der Waals surface area (Å²) in [5, 5.41) is 0.941. The van der Waals surface area contributed by atoms with Crippen LogP contribution in [0.1, 0.15) is 28.8 Å². The molecule has 0 saturated carbocycles. The number of pyridine rings is 1. The average molecular weight is 427 g/mol. The van der Waals surface area contributed by atoms with E-state index in [4.69, 9.17) is 4.74 Å². The number of thioether (sulfide) groups is 1. The van der Waals surface area contributed by atoms with Crippen LogP contribution >= 0.6 is 23.1 Å². The fourth-order valence-electron chi connectivity index (χ4n) is 3.63. The monoisotopic (exact) mass is 426 g/mol. The quantitative estimate of drug-likeness (QED) is 0.412. The molecule has 2 aromatic heterocycles. The lowest BCUT2D eigenvalue weighted by Gasteiger charge is -2.30. The van der Waals surface area contributed by atoms with Crippen molar-refractivity contribution in [3.8, 4) is 0 Å². The number of Topliss-reactive ketones (excluding diaryl/α,β-unsaturated/α-hetero) is 1. The Kier molecular flexibility index (Phi) is 6.16. The van der Waals surface area contributed by atoms with Crippen molar-refractivity contribution in [2.45, 2.75) is 23.7 Å². The van der Waals surface area contributed by atoms with Crippen LogP contribution < -0.4 is 0 Å². The Morgan fingerprint density at radius 1 is 1.17 bits per heavy atom. The third-order valence-electron chi connectivity index (χ3n) is 5.19. The largest absolute Gasteiger partial charge is 0.445 e. The van der Waals surface area contributed by atoms with Gasteiger partial charge in [-0.1, -0.05) is 30.3 Å². The van der Waals surface area contributed by atoms with Crippen molar-refractivity contribution in [2.24, 2.45) is 5.92 Å². The predicted octanol–water partition coefficient (Wildman–Crippen LogP) is 5.25. The maximum atomic E-state index is 13.3. The summed E-state index contributed by atoms with van der Waals surface area (Å²) in [5.41, 5.74) is 1.77. The number of benzene rings is 1. The molecule has 1 aliphatic rings. The highest BCUT2D eigenvalue weighted by Gasteiger charge is 2.31. The van der Waals surface area contributed by atoms with Gasteiger partial charge in [0.25, 0.3) is 0 Å². The molecule has 4 rings (SSSR count). The number of ether oxygens (including phenoxy) is 1. The number of carbonyl (C=O) groups excluding carboxylic acids is 2. The molecule has 0 unspecified atom stereocenters. The first-order chi connectivity index (χ1) is 14.2. The number of hydrogen-bond donors (Lipinski definition) is 0. The molecule has 7 heteroatoms. The van der Waals surface area contributed by atoms with Crippen LogP contribution in [-0.4, -0.2) is 41.1 Å². The average Bonchev–Trinajstić information content (AvgIpc) is 3.16. The lowest BCUT2D eigenvalue weighted by molar-refractivity contribution is 0.0712. The van der Waals surface area contributed by atoms with Crippen molar-refractivity contribution < 1.29 is 14.3 Å². The molecule has 150 valence electrons. The van der Waals surface area contributed by atoms with Crippen LogP contribution in [0, 0.1) is 5.92 Å². The van der Waals surface area contributed by atoms with E-state index in [-0.39, 0.29) is 24.4 Å². The Labute approximate surface area is 178 Å². The van der Waals surface area contributed by atoms with E-state index in [2.05, 4.69) is 4.98 Å². The Hall–Kier alpha value is -2.38. The van der Waals surface area contributed by atoms with Gasteiger partial charge in [-0.3, -0.25) is 4.79 Å². The molecule has 1 aliphatic heterocycles. The van der Waals surface area contributed by atoms with Gasteiger partial charge in [-0.05, 0) is 36.8 Å². The molecule has 0 N–H and O–H groups in total. The van der Waals surface area contributed by atoms with Crippen LogP contribution in [-0.2, 0) is 11.3 Å². The summed E-state index contributed by atoms with van der Waals surface area (Å²) in [7, 11) is 0. The molecule has 29 heavy (non-hydrogen) atoms. The van der Waals surface area contributed by atoms with E-state index >= 15 is 0 Å². The number of likely N-dealkylation sites (tertiary alicyclic amines) is 1. The zero-order valence-electron chi connectivity index (χ0n) is 16.2. The summed E-state index contributed by atoms with van der Waals surface area (Å²) < 4.78 is 6.44. The second-order valence-electron chi connectivity index (χ2n) is 6.99. The van der Waals surface area contributed by atoms with Gasteiger partial charge in [0.2, 0.25) is 0 Å². The Balaban J connectivity index is 1.38. The second kappa shape index (κ2) is 8.97. The van der Waals surface area contributed by atoms with Crippen molar-refractivity contribution in [1.29, 1.82) is 0 Å². The van der Waals surface area contributed by atoms with Gasteiger partial charge in [-0.25, -0.2) is 9.78 Å². The Bertz CT molecular complexity index is 1010. The van der Waals surface area contributed by atoms with Crippen LogP contribution in [0.2, 0.25) is 0 Å². The number of piperidine rings is 1. The number of rotatable bonds is 5. The zero-order chi connectivity index (χ0) is 20.2. The van der Waals surface area contributed by atoms with E-state index in [1.165, 1.54) is 0 Å². The Morgan fingerprint density at radius 3 is 2.66 bits per heavy atom. The minimum absolute atomic E-state index is 0.0721. The van der Waals surface area contributed by atoms with Gasteiger partial charge in [0, 0.05) is 30.6 Å². The minimum atomic E-state index is -0.310. The summed E-state index contributed by atoms with van der Waals surface area (Å²) in [5.74, 6) is 0.1000. The lowest BCUT2D eigenvalue weighted by Crippen LogP contribution is -2.40. The van der Waals surface area contributed by atoms with Crippen LogP contribution in [0.4, 0.5) is 4.79 Å². The number of nitrogens with zero attached hydrogens (tertiary/aromatic N) is 2. The molecule has 5 nitrogen and oxygen atoms in total. The normalized spacial score (nSPS) is 14.9. The topological polar surface area (TPSA) is 59.5 Å². The third-order valence-corrected chi connectivity index (χ3v) is 7.43. The molecule has 1 amide bonds. The maximum absolute atomic E-state index is 13.3. The molecule has 0 bridgehead atoms. The fraction of sp³-hybridized carbons (Fsp3) is 0.318. The van der Waals surface area contributed by atoms with Gasteiger partial charge in [0.05, 0.1) is 9.77 Å². The van der Waals surface area contributed by atoms with Crippen molar-refractivity contribution in [3.63, 3.8) is 0 Å². The summed E-state index contributed by atoms with van der Waals surface area (Å²) >= 11 is 3.17.